The Hall–Kier alpha value is -0.120. The molecule has 3 heteroatoms. The van der Waals surface area contributed by atoms with Gasteiger partial charge in [-0.25, -0.2) is 0 Å². The van der Waals surface area contributed by atoms with Crippen LogP contribution in [0.15, 0.2) is 0 Å². The smallest absolute Gasteiger partial charge is 0.0962 e. The lowest BCUT2D eigenvalue weighted by molar-refractivity contribution is -0.103. The maximum absolute atomic E-state index is 5.69. The number of hydrogen-bond acceptors (Lipinski definition) is 3. The van der Waals surface area contributed by atoms with Crippen LogP contribution in [0.4, 0.5) is 0 Å². The second kappa shape index (κ2) is 6.38. The van der Waals surface area contributed by atoms with Crippen molar-refractivity contribution >= 4 is 0 Å². The predicted molar refractivity (Wildman–Crippen MR) is 57.5 cm³/mol. The maximum Gasteiger partial charge on any atom is 0.0962 e. The van der Waals surface area contributed by atoms with Crippen molar-refractivity contribution in [3.63, 3.8) is 0 Å². The molecule has 1 fully saturated rings. The van der Waals surface area contributed by atoms with Gasteiger partial charge < -0.3 is 14.8 Å². The summed E-state index contributed by atoms with van der Waals surface area (Å²) in [6, 6.07) is 0.435. The van der Waals surface area contributed by atoms with Gasteiger partial charge in [-0.2, -0.15) is 0 Å². The fourth-order valence-corrected chi connectivity index (χ4v) is 1.79. The van der Waals surface area contributed by atoms with E-state index in [-0.39, 0.29) is 6.10 Å². The largest absolute Gasteiger partial charge is 0.376 e. The van der Waals surface area contributed by atoms with E-state index in [1.807, 2.05) is 7.05 Å². The lowest BCUT2D eigenvalue weighted by Crippen LogP contribution is -2.46. The van der Waals surface area contributed by atoms with Crippen LogP contribution in [-0.4, -0.2) is 39.0 Å². The van der Waals surface area contributed by atoms with Crippen molar-refractivity contribution < 1.29 is 9.47 Å². The molecule has 0 radical (unpaired) electrons. The minimum Gasteiger partial charge on any atom is -0.376 e. The monoisotopic (exact) mass is 201 g/mol. The van der Waals surface area contributed by atoms with Crippen molar-refractivity contribution in [2.75, 3.05) is 26.9 Å². The summed E-state index contributed by atoms with van der Waals surface area (Å²) in [6.45, 7) is 6.74. The molecular weight excluding hydrogens is 178 g/mol. The summed E-state index contributed by atoms with van der Waals surface area (Å²) in [5, 5.41) is 3.33. The van der Waals surface area contributed by atoms with E-state index in [0.29, 0.717) is 6.04 Å². The summed E-state index contributed by atoms with van der Waals surface area (Å²) in [7, 11) is 2.00. The Balaban J connectivity index is 2.35. The molecule has 0 spiro atoms. The van der Waals surface area contributed by atoms with Crippen LogP contribution < -0.4 is 5.32 Å². The maximum atomic E-state index is 5.69. The highest BCUT2D eigenvalue weighted by molar-refractivity contribution is 4.79. The predicted octanol–water partition coefficient (Wildman–Crippen LogP) is 1.43. The molecule has 1 aliphatic heterocycles. The molecule has 84 valence electrons. The Morgan fingerprint density at radius 2 is 2.21 bits per heavy atom. The highest BCUT2D eigenvalue weighted by Gasteiger charge is 2.24. The summed E-state index contributed by atoms with van der Waals surface area (Å²) in [5.41, 5.74) is 0. The minimum absolute atomic E-state index is 0.239. The first kappa shape index (κ1) is 12.0. The van der Waals surface area contributed by atoms with Crippen LogP contribution in [0.2, 0.25) is 0 Å². The zero-order valence-corrected chi connectivity index (χ0v) is 9.58. The fraction of sp³-hybridized carbons (Fsp3) is 1.00. The molecule has 1 N–H and O–H groups in total. The van der Waals surface area contributed by atoms with Crippen molar-refractivity contribution in [2.45, 2.75) is 38.8 Å². The van der Waals surface area contributed by atoms with Gasteiger partial charge in [-0.05, 0) is 19.4 Å². The van der Waals surface area contributed by atoms with Crippen LogP contribution in [0.25, 0.3) is 0 Å². The summed E-state index contributed by atoms with van der Waals surface area (Å²) in [4.78, 5) is 0. The van der Waals surface area contributed by atoms with Crippen molar-refractivity contribution in [1.82, 2.24) is 5.32 Å². The molecule has 0 aromatic carbocycles. The average Bonchev–Trinajstić information content (AvgIpc) is 2.26. The zero-order chi connectivity index (χ0) is 10.4. The van der Waals surface area contributed by atoms with Crippen LogP contribution in [0, 0.1) is 5.92 Å². The van der Waals surface area contributed by atoms with Gasteiger partial charge in [-0.15, -0.1) is 0 Å². The molecule has 14 heavy (non-hydrogen) atoms. The molecule has 1 heterocycles. The number of ether oxygens (including phenoxy) is 2. The fourth-order valence-electron chi connectivity index (χ4n) is 1.79. The van der Waals surface area contributed by atoms with Crippen molar-refractivity contribution in [3.8, 4) is 0 Å². The minimum atomic E-state index is 0.239. The molecule has 3 nitrogen and oxygen atoms in total. The Morgan fingerprint density at radius 1 is 1.43 bits per heavy atom. The molecule has 1 rings (SSSR count). The molecule has 0 saturated carbocycles. The van der Waals surface area contributed by atoms with E-state index >= 15 is 0 Å². The van der Waals surface area contributed by atoms with Gasteiger partial charge in [0.25, 0.3) is 0 Å². The highest BCUT2D eigenvalue weighted by Crippen LogP contribution is 2.15. The average molecular weight is 201 g/mol. The summed E-state index contributed by atoms with van der Waals surface area (Å²) >= 11 is 0. The molecule has 0 amide bonds. The second-order valence-electron chi connectivity index (χ2n) is 4.13. The van der Waals surface area contributed by atoms with Crippen LogP contribution >= 0.6 is 0 Å². The lowest BCUT2D eigenvalue weighted by atomic mass is 9.96. The van der Waals surface area contributed by atoms with Crippen LogP contribution in [0.5, 0.6) is 0 Å². The van der Waals surface area contributed by atoms with Gasteiger partial charge in [0.2, 0.25) is 0 Å². The van der Waals surface area contributed by atoms with E-state index in [1.54, 1.807) is 0 Å². The van der Waals surface area contributed by atoms with Crippen molar-refractivity contribution in [3.05, 3.63) is 0 Å². The van der Waals surface area contributed by atoms with E-state index in [1.165, 1.54) is 12.8 Å². The molecule has 0 aliphatic carbocycles. The summed E-state index contributed by atoms with van der Waals surface area (Å²) < 4.78 is 11.1. The number of nitrogens with one attached hydrogen (secondary N) is 1. The van der Waals surface area contributed by atoms with Gasteiger partial charge in [0.1, 0.15) is 0 Å². The number of likely N-dealkylation sites (N-methyl/N-ethyl adjacent to an activating group) is 1. The first-order valence-electron chi connectivity index (χ1n) is 5.64. The van der Waals surface area contributed by atoms with E-state index in [9.17, 15) is 0 Å². The molecule has 0 bridgehead atoms. The van der Waals surface area contributed by atoms with Crippen LogP contribution in [0.3, 0.4) is 0 Å². The standard InChI is InChI=1S/C11H23NO2/c1-4-9(2)7-10(12-3)11-8-13-5-6-14-11/h9-12H,4-8H2,1-3H3. The Bertz CT molecular complexity index is 146. The third-order valence-corrected chi connectivity index (χ3v) is 3.01. The van der Waals surface area contributed by atoms with E-state index in [0.717, 1.165) is 25.7 Å². The van der Waals surface area contributed by atoms with Crippen LogP contribution in [-0.2, 0) is 9.47 Å². The Labute approximate surface area is 87.2 Å². The van der Waals surface area contributed by atoms with Crippen LogP contribution in [0.1, 0.15) is 26.7 Å². The normalized spacial score (nSPS) is 27.2. The van der Waals surface area contributed by atoms with Gasteiger partial charge in [0.05, 0.1) is 25.9 Å². The quantitative estimate of drug-likeness (QED) is 0.730. The number of rotatable bonds is 5. The van der Waals surface area contributed by atoms with Crippen molar-refractivity contribution in [1.29, 1.82) is 0 Å². The Kier molecular flexibility index (Phi) is 5.45. The van der Waals surface area contributed by atoms with Gasteiger partial charge in [-0.3, -0.25) is 0 Å². The van der Waals surface area contributed by atoms with Gasteiger partial charge in [0, 0.05) is 6.04 Å². The molecule has 0 aromatic rings. The van der Waals surface area contributed by atoms with E-state index in [4.69, 9.17) is 9.47 Å². The topological polar surface area (TPSA) is 30.5 Å². The first-order valence-corrected chi connectivity index (χ1v) is 5.64. The molecule has 1 aliphatic rings. The van der Waals surface area contributed by atoms with Gasteiger partial charge in [0.15, 0.2) is 0 Å². The molecule has 3 atom stereocenters. The molecule has 1 saturated heterocycles. The van der Waals surface area contributed by atoms with Crippen molar-refractivity contribution in [2.24, 2.45) is 5.92 Å². The molecular formula is C11H23NO2. The Morgan fingerprint density at radius 3 is 2.71 bits per heavy atom. The van der Waals surface area contributed by atoms with E-state index < -0.39 is 0 Å². The third kappa shape index (κ3) is 3.56. The SMILES string of the molecule is CCC(C)CC(NC)C1COCCO1. The van der Waals surface area contributed by atoms with Gasteiger partial charge >= 0.3 is 0 Å². The lowest BCUT2D eigenvalue weighted by Gasteiger charge is -2.31. The highest BCUT2D eigenvalue weighted by atomic mass is 16.6. The second-order valence-corrected chi connectivity index (χ2v) is 4.13. The van der Waals surface area contributed by atoms with Gasteiger partial charge in [-0.1, -0.05) is 20.3 Å². The zero-order valence-electron chi connectivity index (χ0n) is 9.58. The first-order chi connectivity index (χ1) is 6.77. The molecule has 3 unspecified atom stereocenters. The summed E-state index contributed by atoms with van der Waals surface area (Å²) in [5.74, 6) is 0.748. The molecule has 0 aromatic heterocycles. The van der Waals surface area contributed by atoms with E-state index in [2.05, 4.69) is 19.2 Å². The third-order valence-electron chi connectivity index (χ3n) is 3.01. The number of hydrogen-bond donors (Lipinski definition) is 1. The summed E-state index contributed by atoms with van der Waals surface area (Å²) in [6.07, 6.45) is 2.63.